The molecule has 0 fully saturated rings. The van der Waals surface area contributed by atoms with Crippen LogP contribution in [0.25, 0.3) is 11.8 Å². The van der Waals surface area contributed by atoms with E-state index in [-0.39, 0.29) is 12.5 Å². The Balaban J connectivity index is 1.52. The number of aliphatic carboxylic acids is 1. The van der Waals surface area contributed by atoms with Crippen LogP contribution in [0.1, 0.15) is 19.3 Å². The van der Waals surface area contributed by atoms with Crippen molar-refractivity contribution >= 4 is 29.6 Å². The first kappa shape index (κ1) is 20.1. The molecule has 2 amide bonds. The van der Waals surface area contributed by atoms with Crippen LogP contribution in [0.4, 0.5) is 10.6 Å². The topological polar surface area (TPSA) is 107 Å². The quantitative estimate of drug-likeness (QED) is 0.583. The van der Waals surface area contributed by atoms with E-state index in [1.165, 1.54) is 4.90 Å². The fraction of sp³-hybridized carbons (Fsp3) is 0.238. The summed E-state index contributed by atoms with van der Waals surface area (Å²) < 4.78 is 0. The predicted octanol–water partition coefficient (Wildman–Crippen LogP) is 1.27. The summed E-state index contributed by atoms with van der Waals surface area (Å²) in [5.74, 6) is -0.180. The number of anilines is 1. The largest absolute Gasteiger partial charge is 0.481 e. The van der Waals surface area contributed by atoms with Gasteiger partial charge in [-0.25, -0.2) is 9.78 Å². The number of carbonyl (C=O) groups is 2. The third kappa shape index (κ3) is 5.90. The van der Waals surface area contributed by atoms with Crippen LogP contribution in [-0.4, -0.2) is 45.1 Å². The molecule has 29 heavy (non-hydrogen) atoms. The highest BCUT2D eigenvalue weighted by atomic mass is 16.4. The van der Waals surface area contributed by atoms with Gasteiger partial charge >= 0.3 is 12.0 Å². The number of benzene rings is 1. The average Bonchev–Trinajstić information content (AvgIpc) is 2.91. The van der Waals surface area contributed by atoms with E-state index >= 15 is 0 Å². The van der Waals surface area contributed by atoms with Crippen LogP contribution in [-0.2, 0) is 4.79 Å². The zero-order chi connectivity index (χ0) is 20.5. The molecule has 0 atom stereocenters. The smallest absolute Gasteiger partial charge is 0.325 e. The molecule has 1 aromatic heterocycles. The number of allylic oxidation sites excluding steroid dienone is 1. The molecule has 0 unspecified atom stereocenters. The third-order valence-electron chi connectivity index (χ3n) is 4.35. The highest BCUT2D eigenvalue weighted by Gasteiger charge is 2.11. The minimum Gasteiger partial charge on any atom is -0.481 e. The molecule has 8 heteroatoms. The molecule has 1 aliphatic heterocycles. The molecule has 150 valence electrons. The van der Waals surface area contributed by atoms with Gasteiger partial charge in [0.2, 0.25) is 0 Å². The van der Waals surface area contributed by atoms with Gasteiger partial charge in [0.25, 0.3) is 0 Å². The van der Waals surface area contributed by atoms with Gasteiger partial charge in [-0.05, 0) is 34.9 Å². The number of fused-ring (bicyclic) bond motifs is 1. The van der Waals surface area contributed by atoms with Gasteiger partial charge in [-0.2, -0.15) is 0 Å². The van der Waals surface area contributed by atoms with Crippen molar-refractivity contribution in [1.29, 1.82) is 0 Å². The van der Waals surface area contributed by atoms with E-state index in [0.29, 0.717) is 12.1 Å². The van der Waals surface area contributed by atoms with Crippen LogP contribution >= 0.6 is 0 Å². The number of carbonyl (C=O) groups excluding carboxylic acids is 1. The summed E-state index contributed by atoms with van der Waals surface area (Å²) in [5.41, 5.74) is 0.662. The molecule has 2 aromatic rings. The lowest BCUT2D eigenvalue weighted by molar-refractivity contribution is -0.135. The van der Waals surface area contributed by atoms with Gasteiger partial charge in [-0.1, -0.05) is 24.3 Å². The number of hydrogen-bond donors (Lipinski definition) is 3. The lowest BCUT2D eigenvalue weighted by atomic mass is 10.1. The number of nitrogens with one attached hydrogen (secondary N) is 2. The molecule has 3 rings (SSSR count). The summed E-state index contributed by atoms with van der Waals surface area (Å²) in [6, 6.07) is 7.18. The number of hydrogen-bond acceptors (Lipinski definition) is 5. The Kier molecular flexibility index (Phi) is 6.94. The monoisotopic (exact) mass is 393 g/mol. The van der Waals surface area contributed by atoms with E-state index < -0.39 is 5.97 Å². The summed E-state index contributed by atoms with van der Waals surface area (Å²) in [5, 5.41) is 16.8. The number of unbranched alkanes of at least 4 members (excludes halogenated alkanes) is 1. The molecule has 0 saturated heterocycles. The third-order valence-corrected chi connectivity index (χ3v) is 4.35. The van der Waals surface area contributed by atoms with E-state index in [2.05, 4.69) is 20.6 Å². The number of rotatable bonds is 8. The summed E-state index contributed by atoms with van der Waals surface area (Å²) in [4.78, 5) is 33.2. The van der Waals surface area contributed by atoms with Gasteiger partial charge in [0.05, 0.1) is 12.6 Å². The predicted molar refractivity (Wildman–Crippen MR) is 110 cm³/mol. The molecular weight excluding hydrogens is 370 g/mol. The number of aromatic nitrogens is 2. The first-order valence-corrected chi connectivity index (χ1v) is 9.39. The van der Waals surface area contributed by atoms with Gasteiger partial charge in [0.15, 0.2) is 0 Å². The number of urea groups is 1. The molecular formula is C21H23N5O3. The zero-order valence-electron chi connectivity index (χ0n) is 15.9. The molecule has 8 nitrogen and oxygen atoms in total. The molecule has 3 N–H and O–H groups in total. The van der Waals surface area contributed by atoms with Gasteiger partial charge in [-0.3, -0.25) is 14.7 Å². The first-order valence-electron chi connectivity index (χ1n) is 9.39. The Labute approximate surface area is 168 Å². The van der Waals surface area contributed by atoms with Crippen molar-refractivity contribution in [3.8, 4) is 0 Å². The first-order chi connectivity index (χ1) is 14.1. The van der Waals surface area contributed by atoms with Crippen LogP contribution in [0, 0.1) is 0 Å². The summed E-state index contributed by atoms with van der Waals surface area (Å²) in [6.07, 6.45) is 11.5. The number of carboxylic acids is 1. The second kappa shape index (κ2) is 10.0. The van der Waals surface area contributed by atoms with Crippen molar-refractivity contribution in [2.75, 3.05) is 18.4 Å². The SMILES string of the molecule is O=C(O)CC1=c2ccccc2=CN(C(=O)NCCCCNc2cnccn2)C=C1. The van der Waals surface area contributed by atoms with E-state index in [1.807, 2.05) is 24.3 Å². The van der Waals surface area contributed by atoms with Gasteiger partial charge in [-0.15, -0.1) is 0 Å². The maximum absolute atomic E-state index is 12.5. The van der Waals surface area contributed by atoms with E-state index in [9.17, 15) is 9.59 Å². The summed E-state index contributed by atoms with van der Waals surface area (Å²) >= 11 is 0. The van der Waals surface area contributed by atoms with Crippen molar-refractivity contribution in [2.24, 2.45) is 0 Å². The lowest BCUT2D eigenvalue weighted by Gasteiger charge is -2.14. The Hall–Kier alpha value is -3.68. The fourth-order valence-electron chi connectivity index (χ4n) is 2.94. The van der Waals surface area contributed by atoms with Crippen molar-refractivity contribution < 1.29 is 14.7 Å². The second-order valence-electron chi connectivity index (χ2n) is 6.49. The Morgan fingerprint density at radius 2 is 1.93 bits per heavy atom. The van der Waals surface area contributed by atoms with Crippen molar-refractivity contribution in [2.45, 2.75) is 19.3 Å². The number of nitrogens with zero attached hydrogens (tertiary/aromatic N) is 3. The second-order valence-corrected chi connectivity index (χ2v) is 6.49. The Morgan fingerprint density at radius 3 is 2.72 bits per heavy atom. The van der Waals surface area contributed by atoms with Crippen molar-refractivity contribution in [1.82, 2.24) is 20.2 Å². The highest BCUT2D eigenvalue weighted by molar-refractivity contribution is 5.84. The van der Waals surface area contributed by atoms with Crippen molar-refractivity contribution in [3.05, 3.63) is 65.6 Å². The van der Waals surface area contributed by atoms with Crippen LogP contribution in [0.2, 0.25) is 0 Å². The average molecular weight is 393 g/mol. The molecule has 1 aliphatic rings. The molecule has 0 bridgehead atoms. The fourth-order valence-corrected chi connectivity index (χ4v) is 2.94. The normalized spacial score (nSPS) is 12.6. The number of carboxylic acid groups (broad SMARTS) is 1. The summed E-state index contributed by atoms with van der Waals surface area (Å²) in [6.45, 7) is 1.28. The minimum atomic E-state index is -0.910. The van der Waals surface area contributed by atoms with Crippen LogP contribution in [0.5, 0.6) is 0 Å². The molecule has 1 aromatic carbocycles. The van der Waals surface area contributed by atoms with Crippen LogP contribution in [0.3, 0.4) is 0 Å². The maximum atomic E-state index is 12.5. The van der Waals surface area contributed by atoms with Crippen LogP contribution < -0.4 is 21.1 Å². The van der Waals surface area contributed by atoms with Gasteiger partial charge < -0.3 is 15.7 Å². The van der Waals surface area contributed by atoms with Crippen molar-refractivity contribution in [3.63, 3.8) is 0 Å². The molecule has 0 aliphatic carbocycles. The minimum absolute atomic E-state index is 0.102. The Morgan fingerprint density at radius 1 is 1.10 bits per heavy atom. The Bertz CT molecular complexity index is 1000. The van der Waals surface area contributed by atoms with Gasteiger partial charge in [0, 0.05) is 37.9 Å². The van der Waals surface area contributed by atoms with E-state index in [1.54, 1.807) is 37.1 Å². The molecule has 0 spiro atoms. The van der Waals surface area contributed by atoms with Crippen LogP contribution in [0.15, 0.2) is 55.1 Å². The number of amides is 2. The lowest BCUT2D eigenvalue weighted by Crippen LogP contribution is -2.36. The highest BCUT2D eigenvalue weighted by Crippen LogP contribution is 2.07. The maximum Gasteiger partial charge on any atom is 0.325 e. The zero-order valence-corrected chi connectivity index (χ0v) is 15.9. The summed E-state index contributed by atoms with van der Waals surface area (Å²) in [7, 11) is 0. The van der Waals surface area contributed by atoms with E-state index in [0.717, 1.165) is 35.6 Å². The molecule has 0 radical (unpaired) electrons. The van der Waals surface area contributed by atoms with E-state index in [4.69, 9.17) is 5.11 Å². The van der Waals surface area contributed by atoms with Gasteiger partial charge in [0.1, 0.15) is 5.82 Å². The molecule has 2 heterocycles. The molecule has 0 saturated carbocycles. The standard InChI is InChI=1S/C21H23N5O3/c27-20(28)13-16-7-12-26(15-17-5-1-2-6-18(16)17)21(29)25-9-4-3-8-23-19-14-22-10-11-24-19/h1-2,5-7,10-12,14-15H,3-4,8-9,13H2,(H,23,24)(H,25,29)(H,27,28).